The number of nitrogens with zero attached hydrogens (tertiary/aromatic N) is 3. The third kappa shape index (κ3) is 10.0. The number of hydrazine groups is 1. The molecule has 2 atom stereocenters. The highest BCUT2D eigenvalue weighted by Gasteiger charge is 2.28. The van der Waals surface area contributed by atoms with Crippen molar-refractivity contribution in [2.75, 3.05) is 5.32 Å². The summed E-state index contributed by atoms with van der Waals surface area (Å²) in [5.74, 6) is 1.86. The second kappa shape index (κ2) is 17.1. The standard InChI is InChI=1S/C36H39N7O5/c1-5-6-17-30-40-41-33(28-15-11-8-12-16-28)42-43(30)36(47)48-23-27-18-20-29(21-19-27)38-34(45)25(4)37-35(46)32(24(2)3)39-31(44)22-26-13-9-7-10-14-26/h1,7-16,18-21,24-25,32H,6,17,22-23H2,2-4H3,(H,37,46)(H,38,45)(H,39,44)(H,41,42). The Morgan fingerprint density at radius 1 is 0.854 bits per heavy atom. The molecule has 248 valence electrons. The van der Waals surface area contributed by atoms with E-state index in [9.17, 15) is 19.2 Å². The molecule has 0 saturated heterocycles. The lowest BCUT2D eigenvalue weighted by Crippen LogP contribution is -2.54. The molecule has 48 heavy (non-hydrogen) atoms. The van der Waals surface area contributed by atoms with Gasteiger partial charge >= 0.3 is 6.09 Å². The maximum Gasteiger partial charge on any atom is 0.435 e. The van der Waals surface area contributed by atoms with Crippen LogP contribution < -0.4 is 21.4 Å². The zero-order valence-electron chi connectivity index (χ0n) is 27.1. The van der Waals surface area contributed by atoms with E-state index < -0.39 is 30.0 Å². The number of nitrogens with one attached hydrogen (secondary N) is 4. The van der Waals surface area contributed by atoms with E-state index >= 15 is 0 Å². The summed E-state index contributed by atoms with van der Waals surface area (Å²) in [5.41, 5.74) is 5.69. The van der Waals surface area contributed by atoms with Crippen LogP contribution in [0.2, 0.25) is 0 Å². The van der Waals surface area contributed by atoms with E-state index in [0.717, 1.165) is 11.1 Å². The molecule has 0 spiro atoms. The molecule has 4 N–H and O–H groups in total. The molecule has 0 radical (unpaired) electrons. The highest BCUT2D eigenvalue weighted by molar-refractivity contribution is 6.06. The van der Waals surface area contributed by atoms with Crippen molar-refractivity contribution < 1.29 is 23.9 Å². The Bertz CT molecular complexity index is 1680. The summed E-state index contributed by atoms with van der Waals surface area (Å²) >= 11 is 0. The lowest BCUT2D eigenvalue weighted by atomic mass is 10.0. The van der Waals surface area contributed by atoms with E-state index in [4.69, 9.17) is 11.2 Å². The Kier molecular flexibility index (Phi) is 12.4. The number of amidine groups is 2. The summed E-state index contributed by atoms with van der Waals surface area (Å²) in [6.45, 7) is 5.15. The Hall–Kier alpha value is -5.96. The number of ether oxygens (including phenoxy) is 1. The first-order valence-corrected chi connectivity index (χ1v) is 15.5. The van der Waals surface area contributed by atoms with Crippen molar-refractivity contribution in [2.45, 2.75) is 58.7 Å². The highest BCUT2D eigenvalue weighted by atomic mass is 16.6. The van der Waals surface area contributed by atoms with Crippen LogP contribution in [-0.2, 0) is 32.1 Å². The zero-order chi connectivity index (χ0) is 34.5. The number of rotatable bonds is 13. The normalized spacial score (nSPS) is 13.5. The molecule has 0 fully saturated rings. The van der Waals surface area contributed by atoms with Gasteiger partial charge < -0.3 is 20.7 Å². The number of hydrogen-bond acceptors (Lipinski definition) is 8. The van der Waals surface area contributed by atoms with Crippen LogP contribution >= 0.6 is 0 Å². The SMILES string of the molecule is C#CCCC1=NN=C(c2ccccc2)NN1C(=O)OCc1ccc(NC(=O)C(C)NC(=O)C(NC(=O)Cc2ccccc2)C(C)C)cc1. The number of amides is 4. The van der Waals surface area contributed by atoms with Crippen LogP contribution in [0.3, 0.4) is 0 Å². The molecule has 0 aromatic heterocycles. The molecule has 3 aromatic carbocycles. The first-order valence-electron chi connectivity index (χ1n) is 15.5. The van der Waals surface area contributed by atoms with Crippen LogP contribution in [0.15, 0.2) is 95.1 Å². The van der Waals surface area contributed by atoms with Gasteiger partial charge in [0.05, 0.1) is 6.42 Å². The smallest absolute Gasteiger partial charge is 0.435 e. The second-order valence-electron chi connectivity index (χ2n) is 11.4. The molecule has 12 heteroatoms. The average molecular weight is 650 g/mol. The van der Waals surface area contributed by atoms with E-state index in [-0.39, 0.29) is 24.9 Å². The summed E-state index contributed by atoms with van der Waals surface area (Å²) in [4.78, 5) is 51.5. The van der Waals surface area contributed by atoms with E-state index in [0.29, 0.717) is 35.8 Å². The molecule has 12 nitrogen and oxygen atoms in total. The molecular formula is C36H39N7O5. The van der Waals surface area contributed by atoms with E-state index in [1.807, 2.05) is 74.5 Å². The van der Waals surface area contributed by atoms with Gasteiger partial charge in [-0.25, -0.2) is 4.79 Å². The molecule has 1 heterocycles. The van der Waals surface area contributed by atoms with Crippen molar-refractivity contribution >= 4 is 41.2 Å². The molecule has 3 aromatic rings. The summed E-state index contributed by atoms with van der Waals surface area (Å²) in [7, 11) is 0. The Balaban J connectivity index is 1.28. The van der Waals surface area contributed by atoms with Crippen LogP contribution in [0, 0.1) is 18.3 Å². The lowest BCUT2D eigenvalue weighted by Gasteiger charge is -2.27. The first-order chi connectivity index (χ1) is 23.1. The summed E-state index contributed by atoms with van der Waals surface area (Å²) in [6.07, 6.45) is 5.54. The van der Waals surface area contributed by atoms with Crippen molar-refractivity contribution in [2.24, 2.45) is 16.1 Å². The van der Waals surface area contributed by atoms with E-state index in [2.05, 4.69) is 37.5 Å². The fourth-order valence-corrected chi connectivity index (χ4v) is 4.61. The van der Waals surface area contributed by atoms with Crippen LogP contribution in [0.25, 0.3) is 0 Å². The molecule has 0 bridgehead atoms. The van der Waals surface area contributed by atoms with Crippen LogP contribution in [0.4, 0.5) is 10.5 Å². The molecular weight excluding hydrogens is 610 g/mol. The Morgan fingerprint density at radius 2 is 1.52 bits per heavy atom. The highest BCUT2D eigenvalue weighted by Crippen LogP contribution is 2.14. The van der Waals surface area contributed by atoms with Gasteiger partial charge in [0.15, 0.2) is 11.7 Å². The summed E-state index contributed by atoms with van der Waals surface area (Å²) in [6, 6.07) is 23.5. The second-order valence-corrected chi connectivity index (χ2v) is 11.4. The minimum Gasteiger partial charge on any atom is -0.443 e. The topological polar surface area (TPSA) is 154 Å². The number of terminal acetylenes is 1. The van der Waals surface area contributed by atoms with Crippen molar-refractivity contribution in [3.8, 4) is 12.3 Å². The maximum atomic E-state index is 13.1. The zero-order valence-corrected chi connectivity index (χ0v) is 27.1. The predicted molar refractivity (Wildman–Crippen MR) is 183 cm³/mol. The minimum atomic E-state index is -0.878. The fourth-order valence-electron chi connectivity index (χ4n) is 4.61. The molecule has 2 unspecified atom stereocenters. The predicted octanol–water partition coefficient (Wildman–Crippen LogP) is 4.14. The van der Waals surface area contributed by atoms with Gasteiger partial charge in [-0.05, 0) is 36.1 Å². The Morgan fingerprint density at radius 3 is 2.17 bits per heavy atom. The van der Waals surface area contributed by atoms with E-state index in [1.54, 1.807) is 31.2 Å². The molecule has 0 aliphatic carbocycles. The van der Waals surface area contributed by atoms with Gasteiger partial charge in [-0.2, -0.15) is 5.01 Å². The van der Waals surface area contributed by atoms with Gasteiger partial charge in [0.1, 0.15) is 18.7 Å². The number of hydrogen-bond donors (Lipinski definition) is 4. The molecule has 1 aliphatic rings. The van der Waals surface area contributed by atoms with E-state index in [1.165, 1.54) is 5.01 Å². The van der Waals surface area contributed by atoms with Gasteiger partial charge in [0.25, 0.3) is 0 Å². The number of carbonyl (C=O) groups is 4. The van der Waals surface area contributed by atoms with Gasteiger partial charge in [0, 0.05) is 24.1 Å². The Labute approximate surface area is 280 Å². The molecule has 1 aliphatic heterocycles. The average Bonchev–Trinajstić information content (AvgIpc) is 3.09. The van der Waals surface area contributed by atoms with Crippen molar-refractivity contribution in [3.63, 3.8) is 0 Å². The number of carbonyl (C=O) groups excluding carboxylic acids is 4. The van der Waals surface area contributed by atoms with Gasteiger partial charge in [0.2, 0.25) is 17.7 Å². The maximum absolute atomic E-state index is 13.1. The largest absolute Gasteiger partial charge is 0.443 e. The molecule has 4 amide bonds. The van der Waals surface area contributed by atoms with Gasteiger partial charge in [-0.15, -0.1) is 22.5 Å². The summed E-state index contributed by atoms with van der Waals surface area (Å²) in [5, 5.41) is 17.8. The summed E-state index contributed by atoms with van der Waals surface area (Å²) < 4.78 is 5.54. The van der Waals surface area contributed by atoms with Crippen LogP contribution in [0.1, 0.15) is 50.3 Å². The third-order valence-corrected chi connectivity index (χ3v) is 7.27. The number of anilines is 1. The quantitative estimate of drug-likeness (QED) is 0.204. The lowest BCUT2D eigenvalue weighted by molar-refractivity contribution is -0.131. The minimum absolute atomic E-state index is 0.0511. The molecule has 4 rings (SSSR count). The van der Waals surface area contributed by atoms with Crippen LogP contribution in [0.5, 0.6) is 0 Å². The van der Waals surface area contributed by atoms with Gasteiger partial charge in [-0.1, -0.05) is 86.6 Å². The van der Waals surface area contributed by atoms with Crippen molar-refractivity contribution in [3.05, 3.63) is 102 Å². The molecule has 0 saturated carbocycles. The fraction of sp³-hybridized carbons (Fsp3) is 0.278. The number of benzene rings is 3. The van der Waals surface area contributed by atoms with Crippen LogP contribution in [-0.4, -0.2) is 52.6 Å². The first kappa shape index (κ1) is 34.9. The third-order valence-electron chi connectivity index (χ3n) is 7.27. The monoisotopic (exact) mass is 649 g/mol. The van der Waals surface area contributed by atoms with Crippen molar-refractivity contribution in [1.29, 1.82) is 0 Å². The van der Waals surface area contributed by atoms with Gasteiger partial charge in [-0.3, -0.25) is 19.8 Å². The van der Waals surface area contributed by atoms with Crippen molar-refractivity contribution in [1.82, 2.24) is 21.1 Å².